The Bertz CT molecular complexity index is 245. The molecule has 1 fully saturated rings. The SMILES string of the molecule is CC(C)CN(C(=O)C1CNC(C)CN1)C(C)C. The van der Waals surface area contributed by atoms with E-state index in [4.69, 9.17) is 0 Å². The van der Waals surface area contributed by atoms with E-state index in [1.54, 1.807) is 0 Å². The molecule has 0 spiro atoms. The van der Waals surface area contributed by atoms with E-state index in [9.17, 15) is 4.79 Å². The summed E-state index contributed by atoms with van der Waals surface area (Å²) in [6.07, 6.45) is 0. The van der Waals surface area contributed by atoms with Gasteiger partial charge in [0.05, 0.1) is 6.04 Å². The predicted molar refractivity (Wildman–Crippen MR) is 70.9 cm³/mol. The summed E-state index contributed by atoms with van der Waals surface area (Å²) in [5.41, 5.74) is 0. The predicted octanol–water partition coefficient (Wildman–Crippen LogP) is 0.829. The van der Waals surface area contributed by atoms with Gasteiger partial charge in [-0.15, -0.1) is 0 Å². The fourth-order valence-electron chi connectivity index (χ4n) is 2.11. The Morgan fingerprint density at radius 1 is 1.24 bits per heavy atom. The molecular formula is C13H27N3O. The quantitative estimate of drug-likeness (QED) is 0.766. The van der Waals surface area contributed by atoms with Gasteiger partial charge in [0.25, 0.3) is 0 Å². The van der Waals surface area contributed by atoms with E-state index in [1.807, 2.05) is 4.90 Å². The largest absolute Gasteiger partial charge is 0.339 e. The number of rotatable bonds is 4. The molecule has 0 aromatic heterocycles. The van der Waals surface area contributed by atoms with Gasteiger partial charge in [-0.2, -0.15) is 0 Å². The molecular weight excluding hydrogens is 214 g/mol. The first-order valence-corrected chi connectivity index (χ1v) is 6.69. The Balaban J connectivity index is 2.58. The summed E-state index contributed by atoms with van der Waals surface area (Å²) in [5.74, 6) is 0.741. The van der Waals surface area contributed by atoms with Gasteiger partial charge in [0, 0.05) is 31.7 Å². The van der Waals surface area contributed by atoms with Crippen LogP contribution in [0.3, 0.4) is 0 Å². The van der Waals surface area contributed by atoms with Crippen molar-refractivity contribution in [3.8, 4) is 0 Å². The highest BCUT2D eigenvalue weighted by molar-refractivity contribution is 5.82. The standard InChI is InChI=1S/C13H27N3O/c1-9(2)8-16(10(3)4)13(17)12-7-14-11(5)6-15-12/h9-12,14-15H,6-8H2,1-5H3. The Hall–Kier alpha value is -0.610. The second-order valence-corrected chi connectivity index (χ2v) is 5.75. The van der Waals surface area contributed by atoms with E-state index < -0.39 is 0 Å². The fourth-order valence-corrected chi connectivity index (χ4v) is 2.11. The number of carbonyl (C=O) groups is 1. The average Bonchev–Trinajstić information content (AvgIpc) is 2.25. The molecule has 1 heterocycles. The highest BCUT2D eigenvalue weighted by Gasteiger charge is 2.28. The van der Waals surface area contributed by atoms with E-state index in [1.165, 1.54) is 0 Å². The topological polar surface area (TPSA) is 44.4 Å². The van der Waals surface area contributed by atoms with E-state index >= 15 is 0 Å². The maximum absolute atomic E-state index is 12.4. The van der Waals surface area contributed by atoms with Crippen LogP contribution < -0.4 is 10.6 Å². The van der Waals surface area contributed by atoms with Crippen LogP contribution in [0.1, 0.15) is 34.6 Å². The minimum Gasteiger partial charge on any atom is -0.339 e. The first kappa shape index (κ1) is 14.5. The van der Waals surface area contributed by atoms with E-state index in [2.05, 4.69) is 45.3 Å². The lowest BCUT2D eigenvalue weighted by molar-refractivity contribution is -0.136. The molecule has 2 unspecified atom stereocenters. The van der Waals surface area contributed by atoms with Gasteiger partial charge in [-0.25, -0.2) is 0 Å². The van der Waals surface area contributed by atoms with Gasteiger partial charge in [-0.1, -0.05) is 13.8 Å². The normalized spacial score (nSPS) is 25.4. The Morgan fingerprint density at radius 3 is 2.29 bits per heavy atom. The lowest BCUT2D eigenvalue weighted by atomic mass is 10.1. The zero-order valence-corrected chi connectivity index (χ0v) is 11.8. The van der Waals surface area contributed by atoms with Gasteiger partial charge >= 0.3 is 0 Å². The van der Waals surface area contributed by atoms with Crippen molar-refractivity contribution in [3.63, 3.8) is 0 Å². The third kappa shape index (κ3) is 4.28. The van der Waals surface area contributed by atoms with Crippen LogP contribution in [0.15, 0.2) is 0 Å². The minimum absolute atomic E-state index is 0.0626. The molecule has 17 heavy (non-hydrogen) atoms. The Morgan fingerprint density at radius 2 is 1.88 bits per heavy atom. The summed E-state index contributed by atoms with van der Waals surface area (Å²) in [6.45, 7) is 13.0. The molecule has 0 saturated carbocycles. The molecule has 100 valence electrons. The maximum Gasteiger partial charge on any atom is 0.241 e. The number of amides is 1. The average molecular weight is 241 g/mol. The van der Waals surface area contributed by atoms with Gasteiger partial charge in [-0.05, 0) is 26.7 Å². The van der Waals surface area contributed by atoms with Crippen LogP contribution in [0.4, 0.5) is 0 Å². The lowest BCUT2D eigenvalue weighted by Crippen LogP contribution is -2.60. The molecule has 1 saturated heterocycles. The van der Waals surface area contributed by atoms with Crippen LogP contribution in [0.25, 0.3) is 0 Å². The van der Waals surface area contributed by atoms with Crippen molar-refractivity contribution >= 4 is 5.91 Å². The minimum atomic E-state index is -0.0626. The van der Waals surface area contributed by atoms with Gasteiger partial charge in [0.15, 0.2) is 0 Å². The molecule has 2 N–H and O–H groups in total. The smallest absolute Gasteiger partial charge is 0.241 e. The van der Waals surface area contributed by atoms with Crippen molar-refractivity contribution in [3.05, 3.63) is 0 Å². The third-order valence-corrected chi connectivity index (χ3v) is 3.11. The van der Waals surface area contributed by atoms with Crippen molar-refractivity contribution < 1.29 is 4.79 Å². The zero-order valence-electron chi connectivity index (χ0n) is 11.8. The van der Waals surface area contributed by atoms with Crippen molar-refractivity contribution in [2.24, 2.45) is 5.92 Å². The molecule has 1 amide bonds. The van der Waals surface area contributed by atoms with Crippen molar-refractivity contribution in [1.82, 2.24) is 15.5 Å². The molecule has 2 atom stereocenters. The molecule has 4 heteroatoms. The second kappa shape index (κ2) is 6.36. The molecule has 0 aliphatic carbocycles. The van der Waals surface area contributed by atoms with Crippen LogP contribution in [-0.4, -0.2) is 48.6 Å². The van der Waals surface area contributed by atoms with Crippen molar-refractivity contribution in [2.75, 3.05) is 19.6 Å². The monoisotopic (exact) mass is 241 g/mol. The molecule has 0 radical (unpaired) electrons. The Labute approximate surface area is 105 Å². The van der Waals surface area contributed by atoms with Crippen molar-refractivity contribution in [1.29, 1.82) is 0 Å². The van der Waals surface area contributed by atoms with Gasteiger partial charge in [-0.3, -0.25) is 4.79 Å². The summed E-state index contributed by atoms with van der Waals surface area (Å²) in [5, 5.41) is 6.67. The molecule has 0 bridgehead atoms. The first-order valence-electron chi connectivity index (χ1n) is 6.69. The van der Waals surface area contributed by atoms with E-state index in [0.29, 0.717) is 12.0 Å². The number of piperazine rings is 1. The summed E-state index contributed by atoms with van der Waals surface area (Å²) in [4.78, 5) is 14.4. The first-order chi connectivity index (χ1) is 7.91. The number of nitrogens with one attached hydrogen (secondary N) is 2. The third-order valence-electron chi connectivity index (χ3n) is 3.11. The maximum atomic E-state index is 12.4. The van der Waals surface area contributed by atoms with Crippen LogP contribution in [0, 0.1) is 5.92 Å². The van der Waals surface area contributed by atoms with E-state index in [-0.39, 0.29) is 18.0 Å². The highest BCUT2D eigenvalue weighted by Crippen LogP contribution is 2.08. The van der Waals surface area contributed by atoms with Crippen LogP contribution in [0.2, 0.25) is 0 Å². The number of hydrogen-bond donors (Lipinski definition) is 2. The van der Waals surface area contributed by atoms with E-state index in [0.717, 1.165) is 19.6 Å². The van der Waals surface area contributed by atoms with Crippen LogP contribution in [-0.2, 0) is 4.79 Å². The van der Waals surface area contributed by atoms with Gasteiger partial charge < -0.3 is 15.5 Å². The van der Waals surface area contributed by atoms with Crippen molar-refractivity contribution in [2.45, 2.75) is 52.7 Å². The lowest BCUT2D eigenvalue weighted by Gasteiger charge is -2.35. The number of carbonyl (C=O) groups excluding carboxylic acids is 1. The zero-order chi connectivity index (χ0) is 13.0. The molecule has 0 aromatic rings. The van der Waals surface area contributed by atoms with Crippen LogP contribution >= 0.6 is 0 Å². The van der Waals surface area contributed by atoms with Gasteiger partial charge in [0.1, 0.15) is 0 Å². The Kier molecular flexibility index (Phi) is 5.40. The molecule has 1 aliphatic heterocycles. The summed E-state index contributed by atoms with van der Waals surface area (Å²) < 4.78 is 0. The highest BCUT2D eigenvalue weighted by atomic mass is 16.2. The summed E-state index contributed by atoms with van der Waals surface area (Å²) >= 11 is 0. The molecule has 1 rings (SSSR count). The number of nitrogens with zero attached hydrogens (tertiary/aromatic N) is 1. The second-order valence-electron chi connectivity index (χ2n) is 5.75. The molecule has 0 aromatic carbocycles. The summed E-state index contributed by atoms with van der Waals surface area (Å²) in [7, 11) is 0. The number of hydrogen-bond acceptors (Lipinski definition) is 3. The molecule has 1 aliphatic rings. The van der Waals surface area contributed by atoms with Crippen LogP contribution in [0.5, 0.6) is 0 Å². The molecule has 4 nitrogen and oxygen atoms in total. The van der Waals surface area contributed by atoms with Gasteiger partial charge in [0.2, 0.25) is 5.91 Å². The summed E-state index contributed by atoms with van der Waals surface area (Å²) in [6, 6.07) is 0.662. The fraction of sp³-hybridized carbons (Fsp3) is 0.923.